The van der Waals surface area contributed by atoms with Crippen LogP contribution in [-0.4, -0.2) is 37.9 Å². The number of benzene rings is 2. The highest BCUT2D eigenvalue weighted by molar-refractivity contribution is 6.30. The van der Waals surface area contributed by atoms with Gasteiger partial charge in [-0.2, -0.15) is 0 Å². The normalized spacial score (nSPS) is 14.5. The number of hydrogen-bond acceptors (Lipinski definition) is 3. The van der Waals surface area contributed by atoms with Gasteiger partial charge in [-0.15, -0.1) is 0 Å². The number of carbonyl (C=O) groups is 2. The van der Waals surface area contributed by atoms with Gasteiger partial charge in [0, 0.05) is 24.8 Å². The first kappa shape index (κ1) is 18.3. The maximum atomic E-state index is 12.9. The second-order valence-corrected chi connectivity index (χ2v) is 7.09. The monoisotopic (exact) mass is 372 g/mol. The molecule has 1 N–H and O–H groups in total. The highest BCUT2D eigenvalue weighted by Crippen LogP contribution is 2.49. The molecule has 0 aromatic heterocycles. The molecule has 3 rings (SSSR count). The number of nitrogens with zero attached hydrogens (tertiary/aromatic N) is 1. The van der Waals surface area contributed by atoms with E-state index in [9.17, 15) is 9.59 Å². The van der Waals surface area contributed by atoms with E-state index in [0.29, 0.717) is 22.0 Å². The standard InChI is InChI=1S/C20H21ClN2O3/c1-23(2)18(24)16-12-15(8-9-17(16)26-3)22-19(25)20(10-11-20)13-4-6-14(21)7-5-13/h4-9,12H,10-11H2,1-3H3,(H,22,25). The second-order valence-electron chi connectivity index (χ2n) is 6.66. The summed E-state index contributed by atoms with van der Waals surface area (Å²) in [6.07, 6.45) is 1.58. The van der Waals surface area contributed by atoms with Gasteiger partial charge in [0.05, 0.1) is 18.1 Å². The van der Waals surface area contributed by atoms with Crippen LogP contribution < -0.4 is 10.1 Å². The molecular weight excluding hydrogens is 352 g/mol. The Morgan fingerprint density at radius 1 is 1.12 bits per heavy atom. The molecule has 0 atom stereocenters. The minimum absolute atomic E-state index is 0.0757. The number of anilines is 1. The fraction of sp³-hybridized carbons (Fsp3) is 0.300. The van der Waals surface area contributed by atoms with Crippen LogP contribution in [0, 0.1) is 0 Å². The summed E-state index contributed by atoms with van der Waals surface area (Å²) in [5, 5.41) is 3.59. The van der Waals surface area contributed by atoms with Crippen molar-refractivity contribution in [3.63, 3.8) is 0 Å². The van der Waals surface area contributed by atoms with Gasteiger partial charge >= 0.3 is 0 Å². The molecule has 136 valence electrons. The lowest BCUT2D eigenvalue weighted by Crippen LogP contribution is -2.28. The molecule has 0 unspecified atom stereocenters. The summed E-state index contributed by atoms with van der Waals surface area (Å²) in [5.41, 5.74) is 1.42. The number of hydrogen-bond donors (Lipinski definition) is 1. The van der Waals surface area contributed by atoms with Crippen molar-refractivity contribution in [1.82, 2.24) is 4.90 Å². The fourth-order valence-corrected chi connectivity index (χ4v) is 3.11. The van der Waals surface area contributed by atoms with Gasteiger partial charge in [-0.05, 0) is 48.7 Å². The molecule has 1 fully saturated rings. The first-order valence-electron chi connectivity index (χ1n) is 8.34. The molecule has 1 aliphatic rings. The van der Waals surface area contributed by atoms with Crippen LogP contribution in [0.25, 0.3) is 0 Å². The molecular formula is C20H21ClN2O3. The Labute approximate surface area is 157 Å². The minimum Gasteiger partial charge on any atom is -0.496 e. The smallest absolute Gasteiger partial charge is 0.257 e. The predicted octanol–water partition coefficient (Wildman–Crippen LogP) is 3.72. The van der Waals surface area contributed by atoms with E-state index >= 15 is 0 Å². The Balaban J connectivity index is 1.84. The quantitative estimate of drug-likeness (QED) is 0.870. The van der Waals surface area contributed by atoms with Crippen molar-refractivity contribution < 1.29 is 14.3 Å². The van der Waals surface area contributed by atoms with Crippen LogP contribution >= 0.6 is 11.6 Å². The summed E-state index contributed by atoms with van der Waals surface area (Å²) in [6, 6.07) is 12.5. The number of halogens is 1. The van der Waals surface area contributed by atoms with Gasteiger partial charge in [0.2, 0.25) is 5.91 Å². The molecule has 0 spiro atoms. The average Bonchev–Trinajstić information content (AvgIpc) is 3.43. The number of amides is 2. The van der Waals surface area contributed by atoms with Crippen molar-refractivity contribution in [2.45, 2.75) is 18.3 Å². The van der Waals surface area contributed by atoms with E-state index in [4.69, 9.17) is 16.3 Å². The van der Waals surface area contributed by atoms with E-state index in [-0.39, 0.29) is 11.8 Å². The van der Waals surface area contributed by atoms with E-state index in [1.54, 1.807) is 44.4 Å². The molecule has 2 aromatic rings. The van der Waals surface area contributed by atoms with Gasteiger partial charge in [0.15, 0.2) is 0 Å². The first-order chi connectivity index (χ1) is 12.4. The number of methoxy groups -OCH3 is 1. The largest absolute Gasteiger partial charge is 0.496 e. The lowest BCUT2D eigenvalue weighted by atomic mass is 9.95. The molecule has 5 nitrogen and oxygen atoms in total. The molecule has 0 radical (unpaired) electrons. The Bertz CT molecular complexity index is 843. The maximum absolute atomic E-state index is 12.9. The van der Waals surface area contributed by atoms with Crippen molar-refractivity contribution in [3.05, 3.63) is 58.6 Å². The number of carbonyl (C=O) groups excluding carboxylic acids is 2. The van der Waals surface area contributed by atoms with Crippen molar-refractivity contribution in [2.75, 3.05) is 26.5 Å². The molecule has 0 heterocycles. The topological polar surface area (TPSA) is 58.6 Å². The van der Waals surface area contributed by atoms with Gasteiger partial charge in [-0.3, -0.25) is 9.59 Å². The zero-order valence-corrected chi connectivity index (χ0v) is 15.8. The molecule has 0 saturated heterocycles. The molecule has 0 aliphatic heterocycles. The molecule has 26 heavy (non-hydrogen) atoms. The van der Waals surface area contributed by atoms with Crippen LogP contribution in [-0.2, 0) is 10.2 Å². The van der Waals surface area contributed by atoms with Crippen molar-refractivity contribution in [1.29, 1.82) is 0 Å². The lowest BCUT2D eigenvalue weighted by molar-refractivity contribution is -0.118. The Morgan fingerprint density at radius 3 is 2.31 bits per heavy atom. The van der Waals surface area contributed by atoms with Crippen LogP contribution in [0.4, 0.5) is 5.69 Å². The third kappa shape index (κ3) is 3.40. The third-order valence-corrected chi connectivity index (χ3v) is 4.93. The van der Waals surface area contributed by atoms with E-state index in [2.05, 4.69) is 5.32 Å². The molecule has 2 amide bonds. The number of nitrogens with one attached hydrogen (secondary N) is 1. The van der Waals surface area contributed by atoms with Crippen molar-refractivity contribution >= 4 is 29.1 Å². The average molecular weight is 373 g/mol. The summed E-state index contributed by atoms with van der Waals surface area (Å²) in [5.74, 6) is 0.213. The van der Waals surface area contributed by atoms with Crippen molar-refractivity contribution in [3.8, 4) is 5.75 Å². The SMILES string of the molecule is COc1ccc(NC(=O)C2(c3ccc(Cl)cc3)CC2)cc1C(=O)N(C)C. The minimum atomic E-state index is -0.518. The zero-order valence-electron chi connectivity index (χ0n) is 15.0. The predicted molar refractivity (Wildman–Crippen MR) is 102 cm³/mol. The molecule has 1 saturated carbocycles. The molecule has 2 aromatic carbocycles. The van der Waals surface area contributed by atoms with Crippen LogP contribution in [0.1, 0.15) is 28.8 Å². The first-order valence-corrected chi connectivity index (χ1v) is 8.72. The summed E-state index contributed by atoms with van der Waals surface area (Å²) < 4.78 is 5.26. The number of ether oxygens (including phenoxy) is 1. The van der Waals surface area contributed by atoms with Gasteiger partial charge < -0.3 is 15.0 Å². The van der Waals surface area contributed by atoms with Crippen LogP contribution in [0.3, 0.4) is 0 Å². The van der Waals surface area contributed by atoms with Crippen LogP contribution in [0.5, 0.6) is 5.75 Å². The van der Waals surface area contributed by atoms with Crippen LogP contribution in [0.15, 0.2) is 42.5 Å². The Hall–Kier alpha value is -2.53. The van der Waals surface area contributed by atoms with Gasteiger partial charge in [0.1, 0.15) is 5.75 Å². The summed E-state index contributed by atoms with van der Waals surface area (Å²) in [4.78, 5) is 26.7. The highest BCUT2D eigenvalue weighted by Gasteiger charge is 2.51. The third-order valence-electron chi connectivity index (χ3n) is 4.68. The molecule has 1 aliphatic carbocycles. The molecule has 6 heteroatoms. The highest BCUT2D eigenvalue weighted by atomic mass is 35.5. The van der Waals surface area contributed by atoms with Crippen LogP contribution in [0.2, 0.25) is 5.02 Å². The van der Waals surface area contributed by atoms with Gasteiger partial charge in [-0.1, -0.05) is 23.7 Å². The lowest BCUT2D eigenvalue weighted by Gasteiger charge is -2.18. The maximum Gasteiger partial charge on any atom is 0.257 e. The zero-order chi connectivity index (χ0) is 18.9. The Kier molecular flexibility index (Phi) is 4.92. The Morgan fingerprint density at radius 2 is 1.77 bits per heavy atom. The van der Waals surface area contributed by atoms with Gasteiger partial charge in [0.25, 0.3) is 5.91 Å². The fourth-order valence-electron chi connectivity index (χ4n) is 2.99. The van der Waals surface area contributed by atoms with E-state index in [1.807, 2.05) is 12.1 Å². The summed E-state index contributed by atoms with van der Waals surface area (Å²) in [7, 11) is 4.86. The van der Waals surface area contributed by atoms with E-state index in [0.717, 1.165) is 18.4 Å². The van der Waals surface area contributed by atoms with E-state index in [1.165, 1.54) is 12.0 Å². The van der Waals surface area contributed by atoms with Crippen molar-refractivity contribution in [2.24, 2.45) is 0 Å². The summed E-state index contributed by atoms with van der Waals surface area (Å²) in [6.45, 7) is 0. The second kappa shape index (κ2) is 7.00. The van der Waals surface area contributed by atoms with E-state index < -0.39 is 5.41 Å². The molecule has 0 bridgehead atoms. The summed E-state index contributed by atoms with van der Waals surface area (Å²) >= 11 is 5.94. The number of rotatable bonds is 5. The van der Waals surface area contributed by atoms with Gasteiger partial charge in [-0.25, -0.2) is 0 Å².